The third kappa shape index (κ3) is 9.39. The van der Waals surface area contributed by atoms with Crippen molar-refractivity contribution in [2.75, 3.05) is 33.4 Å². The van der Waals surface area contributed by atoms with Gasteiger partial charge in [-0.05, 0) is 34.7 Å². The summed E-state index contributed by atoms with van der Waals surface area (Å²) in [6.45, 7) is 10.3. The van der Waals surface area contributed by atoms with Crippen molar-refractivity contribution in [2.24, 2.45) is 0 Å². The summed E-state index contributed by atoms with van der Waals surface area (Å²) in [6.07, 6.45) is 0.600. The molecular formula is C13H28N2O3. The zero-order chi connectivity index (χ0) is 14.0. The van der Waals surface area contributed by atoms with Gasteiger partial charge in [-0.25, -0.2) is 0 Å². The second kappa shape index (κ2) is 10.3. The number of hydrogen-bond acceptors (Lipinski definition) is 4. The lowest BCUT2D eigenvalue weighted by molar-refractivity contribution is -0.142. The Morgan fingerprint density at radius 3 is 2.22 bits per heavy atom. The first-order valence-corrected chi connectivity index (χ1v) is 6.70. The van der Waals surface area contributed by atoms with Crippen molar-refractivity contribution in [2.45, 2.75) is 46.4 Å². The van der Waals surface area contributed by atoms with E-state index in [1.165, 1.54) is 0 Å². The van der Waals surface area contributed by atoms with Gasteiger partial charge in [-0.15, -0.1) is 0 Å². The number of ether oxygens (including phenoxy) is 2. The van der Waals surface area contributed by atoms with Gasteiger partial charge in [0, 0.05) is 32.2 Å². The number of carbonyl (C=O) groups excluding carboxylic acids is 1. The van der Waals surface area contributed by atoms with Crippen LogP contribution in [-0.2, 0) is 14.3 Å². The van der Waals surface area contributed by atoms with Gasteiger partial charge in [0.25, 0.3) is 0 Å². The SMILES string of the molecule is CCOC(CCN(C)CC(=O)NC(C)C)OCC. The Morgan fingerprint density at radius 1 is 1.22 bits per heavy atom. The summed E-state index contributed by atoms with van der Waals surface area (Å²) in [7, 11) is 1.93. The van der Waals surface area contributed by atoms with Gasteiger partial charge in [0.2, 0.25) is 5.91 Å². The number of hydrogen-bond donors (Lipinski definition) is 1. The average Bonchev–Trinajstić information content (AvgIpc) is 2.25. The van der Waals surface area contributed by atoms with E-state index >= 15 is 0 Å². The van der Waals surface area contributed by atoms with E-state index in [-0.39, 0.29) is 18.2 Å². The van der Waals surface area contributed by atoms with Gasteiger partial charge in [0.05, 0.1) is 6.54 Å². The van der Waals surface area contributed by atoms with Crippen molar-refractivity contribution < 1.29 is 14.3 Å². The summed E-state index contributed by atoms with van der Waals surface area (Å²) in [5.74, 6) is 0.0527. The molecule has 1 N–H and O–H groups in total. The molecule has 0 radical (unpaired) electrons. The first-order chi connectivity index (χ1) is 8.49. The molecule has 108 valence electrons. The first-order valence-electron chi connectivity index (χ1n) is 6.70. The van der Waals surface area contributed by atoms with Crippen molar-refractivity contribution in [3.8, 4) is 0 Å². The van der Waals surface area contributed by atoms with Crippen LogP contribution in [0.2, 0.25) is 0 Å². The Morgan fingerprint density at radius 2 is 1.78 bits per heavy atom. The molecule has 0 heterocycles. The maximum atomic E-state index is 11.5. The van der Waals surface area contributed by atoms with E-state index in [0.717, 1.165) is 13.0 Å². The molecule has 0 unspecified atom stereocenters. The van der Waals surface area contributed by atoms with Crippen molar-refractivity contribution >= 4 is 5.91 Å². The van der Waals surface area contributed by atoms with Crippen LogP contribution >= 0.6 is 0 Å². The molecule has 0 aromatic heterocycles. The Labute approximate surface area is 111 Å². The van der Waals surface area contributed by atoms with Crippen molar-refractivity contribution in [3.63, 3.8) is 0 Å². The Hall–Kier alpha value is -0.650. The summed E-state index contributed by atoms with van der Waals surface area (Å²) >= 11 is 0. The van der Waals surface area contributed by atoms with Gasteiger partial charge in [-0.3, -0.25) is 9.69 Å². The molecule has 1 amide bonds. The Bertz CT molecular complexity index is 216. The van der Waals surface area contributed by atoms with Crippen LogP contribution in [0.15, 0.2) is 0 Å². The highest BCUT2D eigenvalue weighted by Crippen LogP contribution is 2.02. The van der Waals surface area contributed by atoms with E-state index < -0.39 is 0 Å². The molecular weight excluding hydrogens is 232 g/mol. The minimum atomic E-state index is -0.171. The third-order valence-electron chi connectivity index (χ3n) is 2.31. The van der Waals surface area contributed by atoms with Gasteiger partial charge >= 0.3 is 0 Å². The van der Waals surface area contributed by atoms with Gasteiger partial charge < -0.3 is 14.8 Å². The van der Waals surface area contributed by atoms with Crippen molar-refractivity contribution in [3.05, 3.63) is 0 Å². The predicted molar refractivity (Wildman–Crippen MR) is 72.4 cm³/mol. The predicted octanol–water partition coefficient (Wildman–Crippen LogP) is 1.23. The molecule has 5 nitrogen and oxygen atoms in total. The first kappa shape index (κ1) is 17.4. The zero-order valence-electron chi connectivity index (χ0n) is 12.4. The summed E-state index contributed by atoms with van der Waals surface area (Å²) in [5, 5.41) is 2.87. The van der Waals surface area contributed by atoms with Gasteiger partial charge in [0.1, 0.15) is 0 Å². The van der Waals surface area contributed by atoms with E-state index in [1.54, 1.807) is 0 Å². The number of nitrogens with zero attached hydrogens (tertiary/aromatic N) is 1. The molecule has 0 aromatic rings. The minimum absolute atomic E-state index is 0.0527. The van der Waals surface area contributed by atoms with Crippen molar-refractivity contribution in [1.82, 2.24) is 10.2 Å². The molecule has 0 fully saturated rings. The molecule has 0 aliphatic heterocycles. The van der Waals surface area contributed by atoms with Gasteiger partial charge in [0.15, 0.2) is 6.29 Å². The molecule has 0 rings (SSSR count). The third-order valence-corrected chi connectivity index (χ3v) is 2.31. The number of rotatable bonds is 10. The summed E-state index contributed by atoms with van der Waals surface area (Å²) < 4.78 is 10.9. The highest BCUT2D eigenvalue weighted by molar-refractivity contribution is 5.78. The quantitative estimate of drug-likeness (QED) is 0.600. The fraction of sp³-hybridized carbons (Fsp3) is 0.923. The molecule has 0 aliphatic rings. The van der Waals surface area contributed by atoms with E-state index in [2.05, 4.69) is 5.32 Å². The maximum absolute atomic E-state index is 11.5. The molecule has 0 atom stereocenters. The number of amides is 1. The van der Waals surface area contributed by atoms with E-state index in [4.69, 9.17) is 9.47 Å². The van der Waals surface area contributed by atoms with Gasteiger partial charge in [-0.2, -0.15) is 0 Å². The van der Waals surface area contributed by atoms with E-state index in [0.29, 0.717) is 19.8 Å². The van der Waals surface area contributed by atoms with E-state index in [9.17, 15) is 4.79 Å². The monoisotopic (exact) mass is 260 g/mol. The van der Waals surface area contributed by atoms with Crippen LogP contribution in [0.5, 0.6) is 0 Å². The molecule has 0 aliphatic carbocycles. The van der Waals surface area contributed by atoms with Crippen LogP contribution < -0.4 is 5.32 Å². The Kier molecular flexibility index (Phi) is 9.92. The second-order valence-corrected chi connectivity index (χ2v) is 4.59. The zero-order valence-corrected chi connectivity index (χ0v) is 12.4. The van der Waals surface area contributed by atoms with Gasteiger partial charge in [-0.1, -0.05) is 0 Å². The van der Waals surface area contributed by atoms with Crippen LogP contribution in [0.25, 0.3) is 0 Å². The summed E-state index contributed by atoms with van der Waals surface area (Å²) in [6, 6.07) is 0.186. The Balaban J connectivity index is 3.85. The molecule has 0 bridgehead atoms. The van der Waals surface area contributed by atoms with Crippen LogP contribution in [0, 0.1) is 0 Å². The molecule has 0 spiro atoms. The molecule has 5 heteroatoms. The second-order valence-electron chi connectivity index (χ2n) is 4.59. The fourth-order valence-corrected chi connectivity index (χ4v) is 1.60. The average molecular weight is 260 g/mol. The molecule has 0 saturated heterocycles. The molecule has 18 heavy (non-hydrogen) atoms. The maximum Gasteiger partial charge on any atom is 0.234 e. The lowest BCUT2D eigenvalue weighted by atomic mass is 10.3. The van der Waals surface area contributed by atoms with Crippen LogP contribution in [0.1, 0.15) is 34.1 Å². The number of nitrogens with one attached hydrogen (secondary N) is 1. The highest BCUT2D eigenvalue weighted by atomic mass is 16.7. The number of likely N-dealkylation sites (N-methyl/N-ethyl adjacent to an activating group) is 1. The highest BCUT2D eigenvalue weighted by Gasteiger charge is 2.12. The van der Waals surface area contributed by atoms with Crippen molar-refractivity contribution in [1.29, 1.82) is 0 Å². The van der Waals surface area contributed by atoms with E-state index in [1.807, 2.05) is 39.6 Å². The summed E-state index contributed by atoms with van der Waals surface area (Å²) in [5.41, 5.74) is 0. The van der Waals surface area contributed by atoms with Crippen LogP contribution in [0.4, 0.5) is 0 Å². The largest absolute Gasteiger partial charge is 0.353 e. The normalized spacial score (nSPS) is 11.6. The topological polar surface area (TPSA) is 50.8 Å². The van der Waals surface area contributed by atoms with Crippen LogP contribution in [0.3, 0.4) is 0 Å². The minimum Gasteiger partial charge on any atom is -0.353 e. The lowest BCUT2D eigenvalue weighted by Crippen LogP contribution is -2.39. The number of carbonyl (C=O) groups is 1. The molecule has 0 saturated carbocycles. The smallest absolute Gasteiger partial charge is 0.234 e. The summed E-state index contributed by atoms with van der Waals surface area (Å²) in [4.78, 5) is 13.5. The standard InChI is InChI=1S/C13H28N2O3/c1-6-17-13(18-7-2)8-9-15(5)10-12(16)14-11(3)4/h11,13H,6-10H2,1-5H3,(H,14,16). The molecule has 0 aromatic carbocycles. The van der Waals surface area contributed by atoms with Crippen LogP contribution in [-0.4, -0.2) is 56.5 Å². The fourth-order valence-electron chi connectivity index (χ4n) is 1.60. The lowest BCUT2D eigenvalue weighted by Gasteiger charge is -2.21.